The molecule has 0 aliphatic carbocycles. The van der Waals surface area contributed by atoms with Crippen LogP contribution in [0.4, 0.5) is 5.82 Å². The highest BCUT2D eigenvalue weighted by molar-refractivity contribution is 14.1. The van der Waals surface area contributed by atoms with Gasteiger partial charge in [-0.1, -0.05) is 13.8 Å². The number of hydrogen-bond donors (Lipinski definition) is 2. The predicted octanol–water partition coefficient (Wildman–Crippen LogP) is 2.76. The van der Waals surface area contributed by atoms with Gasteiger partial charge in [0.25, 0.3) is 0 Å². The summed E-state index contributed by atoms with van der Waals surface area (Å²) in [5.74, 6) is -0.359. The minimum atomic E-state index is -0.882. The Bertz CT molecular complexity index is 616. The monoisotopic (exact) mass is 371 g/mol. The van der Waals surface area contributed by atoms with Crippen LogP contribution in [-0.4, -0.2) is 27.1 Å². The Hall–Kier alpha value is -1.44. The average molecular weight is 371 g/mol. The lowest BCUT2D eigenvalue weighted by Gasteiger charge is -2.19. The Kier molecular flexibility index (Phi) is 4.18. The molecule has 0 spiro atoms. The van der Waals surface area contributed by atoms with Crippen LogP contribution in [0, 0.1) is 9.49 Å². The van der Waals surface area contributed by atoms with Crippen molar-refractivity contribution < 1.29 is 9.90 Å². The normalized spacial score (nSPS) is 12.6. The molecule has 0 amide bonds. The van der Waals surface area contributed by atoms with Crippen LogP contribution in [0.2, 0.25) is 0 Å². The minimum absolute atomic E-state index is 0.0368. The molecule has 0 fully saturated rings. The van der Waals surface area contributed by atoms with E-state index in [1.807, 2.05) is 32.0 Å². The van der Waals surface area contributed by atoms with Crippen LogP contribution < -0.4 is 5.32 Å². The molecule has 0 aliphatic rings. The van der Waals surface area contributed by atoms with Crippen molar-refractivity contribution in [3.63, 3.8) is 0 Å². The van der Waals surface area contributed by atoms with Crippen molar-refractivity contribution in [2.75, 3.05) is 5.32 Å². The summed E-state index contributed by atoms with van der Waals surface area (Å²) >= 11 is 2.21. The Balaban J connectivity index is 2.44. The van der Waals surface area contributed by atoms with Crippen LogP contribution >= 0.6 is 22.6 Å². The number of anilines is 1. The van der Waals surface area contributed by atoms with E-state index in [9.17, 15) is 9.90 Å². The number of benzene rings is 1. The molecule has 2 rings (SSSR count). The molecule has 0 bridgehead atoms. The summed E-state index contributed by atoms with van der Waals surface area (Å²) in [4.78, 5) is 19.6. The Morgan fingerprint density at radius 1 is 1.37 bits per heavy atom. The fourth-order valence-electron chi connectivity index (χ4n) is 1.80. The first-order chi connectivity index (χ1) is 8.99. The standard InChI is InChI=1S/C13H14IN3O2/c1-7(2)11(13(18)19)17-12-9-5-8(14)3-4-10(9)15-6-16-12/h3-7,11H,1-2H3,(H,18,19)(H,15,16,17)/t11-/m1/s1. The second kappa shape index (κ2) is 5.68. The lowest BCUT2D eigenvalue weighted by molar-refractivity contribution is -0.138. The molecule has 1 aromatic carbocycles. The number of rotatable bonds is 4. The van der Waals surface area contributed by atoms with Crippen LogP contribution in [0.3, 0.4) is 0 Å². The maximum atomic E-state index is 11.2. The topological polar surface area (TPSA) is 75.1 Å². The molecule has 1 atom stereocenters. The van der Waals surface area contributed by atoms with Crippen LogP contribution in [0.1, 0.15) is 13.8 Å². The maximum Gasteiger partial charge on any atom is 0.326 e. The number of nitrogens with one attached hydrogen (secondary N) is 1. The zero-order valence-corrected chi connectivity index (χ0v) is 12.7. The number of halogens is 1. The van der Waals surface area contributed by atoms with Crippen molar-refractivity contribution in [1.29, 1.82) is 0 Å². The molecule has 5 nitrogen and oxygen atoms in total. The Labute approximate surface area is 124 Å². The van der Waals surface area contributed by atoms with Gasteiger partial charge < -0.3 is 10.4 Å². The van der Waals surface area contributed by atoms with Gasteiger partial charge in [0.1, 0.15) is 18.2 Å². The summed E-state index contributed by atoms with van der Waals surface area (Å²) in [6.45, 7) is 3.72. The van der Waals surface area contributed by atoms with E-state index in [0.717, 1.165) is 14.5 Å². The van der Waals surface area contributed by atoms with Crippen molar-refractivity contribution in [2.45, 2.75) is 19.9 Å². The van der Waals surface area contributed by atoms with E-state index in [1.165, 1.54) is 6.33 Å². The van der Waals surface area contributed by atoms with E-state index in [0.29, 0.717) is 5.82 Å². The zero-order valence-electron chi connectivity index (χ0n) is 10.6. The summed E-state index contributed by atoms with van der Waals surface area (Å²) in [5.41, 5.74) is 0.797. The maximum absolute atomic E-state index is 11.2. The zero-order chi connectivity index (χ0) is 14.0. The first kappa shape index (κ1) is 14.0. The average Bonchev–Trinajstić information content (AvgIpc) is 2.35. The number of nitrogens with zero attached hydrogens (tertiary/aromatic N) is 2. The number of carbonyl (C=O) groups is 1. The fraction of sp³-hybridized carbons (Fsp3) is 0.308. The van der Waals surface area contributed by atoms with Gasteiger partial charge in [-0.05, 0) is 46.7 Å². The first-order valence-electron chi connectivity index (χ1n) is 5.88. The summed E-state index contributed by atoms with van der Waals surface area (Å²) in [6, 6.07) is 5.12. The van der Waals surface area contributed by atoms with Gasteiger partial charge >= 0.3 is 5.97 Å². The largest absolute Gasteiger partial charge is 0.480 e. The molecule has 0 aliphatic heterocycles. The van der Waals surface area contributed by atoms with Crippen LogP contribution in [-0.2, 0) is 4.79 Å². The third-order valence-corrected chi connectivity index (χ3v) is 3.49. The molecule has 2 N–H and O–H groups in total. The van der Waals surface area contributed by atoms with Crippen LogP contribution in [0.5, 0.6) is 0 Å². The molecule has 19 heavy (non-hydrogen) atoms. The number of carboxylic acid groups (broad SMARTS) is 1. The van der Waals surface area contributed by atoms with E-state index >= 15 is 0 Å². The predicted molar refractivity (Wildman–Crippen MR) is 82.1 cm³/mol. The summed E-state index contributed by atoms with van der Waals surface area (Å²) < 4.78 is 1.05. The number of aliphatic carboxylic acids is 1. The van der Waals surface area contributed by atoms with Crippen molar-refractivity contribution in [1.82, 2.24) is 9.97 Å². The molecule has 0 saturated heterocycles. The molecule has 0 saturated carbocycles. The van der Waals surface area contributed by atoms with Crippen molar-refractivity contribution in [3.05, 3.63) is 28.1 Å². The van der Waals surface area contributed by atoms with Crippen LogP contribution in [0.25, 0.3) is 10.9 Å². The lowest BCUT2D eigenvalue weighted by Crippen LogP contribution is -2.34. The third-order valence-electron chi connectivity index (χ3n) is 2.82. The van der Waals surface area contributed by atoms with E-state index < -0.39 is 12.0 Å². The van der Waals surface area contributed by atoms with Crippen molar-refractivity contribution in [3.8, 4) is 0 Å². The SMILES string of the molecule is CC(C)[C@@H](Nc1ncnc2ccc(I)cc12)C(=O)O. The molecule has 100 valence electrons. The molecule has 1 heterocycles. The van der Waals surface area contributed by atoms with Crippen molar-refractivity contribution in [2.24, 2.45) is 5.92 Å². The molecule has 6 heteroatoms. The van der Waals surface area contributed by atoms with Crippen molar-refractivity contribution >= 4 is 45.3 Å². The third kappa shape index (κ3) is 3.12. The van der Waals surface area contributed by atoms with Gasteiger partial charge in [0.15, 0.2) is 0 Å². The van der Waals surface area contributed by atoms with E-state index in [-0.39, 0.29) is 5.92 Å². The summed E-state index contributed by atoms with van der Waals surface area (Å²) in [5, 5.41) is 13.1. The first-order valence-corrected chi connectivity index (χ1v) is 6.96. The smallest absolute Gasteiger partial charge is 0.326 e. The highest BCUT2D eigenvalue weighted by Crippen LogP contribution is 2.23. The van der Waals surface area contributed by atoms with Gasteiger partial charge in [0.05, 0.1) is 5.52 Å². The van der Waals surface area contributed by atoms with E-state index in [1.54, 1.807) is 0 Å². The Morgan fingerprint density at radius 2 is 2.11 bits per heavy atom. The lowest BCUT2D eigenvalue weighted by atomic mass is 10.0. The molecular weight excluding hydrogens is 357 g/mol. The number of fused-ring (bicyclic) bond motifs is 1. The number of carboxylic acids is 1. The minimum Gasteiger partial charge on any atom is -0.480 e. The van der Waals surface area contributed by atoms with E-state index in [4.69, 9.17) is 0 Å². The number of hydrogen-bond acceptors (Lipinski definition) is 4. The van der Waals surface area contributed by atoms with Gasteiger partial charge in [0, 0.05) is 8.96 Å². The van der Waals surface area contributed by atoms with Gasteiger partial charge in [-0.2, -0.15) is 0 Å². The highest BCUT2D eigenvalue weighted by atomic mass is 127. The molecular formula is C13H14IN3O2. The van der Waals surface area contributed by atoms with Gasteiger partial charge in [-0.15, -0.1) is 0 Å². The Morgan fingerprint density at radius 3 is 2.74 bits per heavy atom. The number of aromatic nitrogens is 2. The van der Waals surface area contributed by atoms with Crippen LogP contribution in [0.15, 0.2) is 24.5 Å². The fourth-order valence-corrected chi connectivity index (χ4v) is 2.30. The second-order valence-electron chi connectivity index (χ2n) is 4.59. The quantitative estimate of drug-likeness (QED) is 0.809. The van der Waals surface area contributed by atoms with Gasteiger partial charge in [-0.3, -0.25) is 0 Å². The summed E-state index contributed by atoms with van der Waals surface area (Å²) in [6.07, 6.45) is 1.44. The molecule has 1 aromatic heterocycles. The molecule has 0 unspecified atom stereocenters. The highest BCUT2D eigenvalue weighted by Gasteiger charge is 2.22. The summed E-state index contributed by atoms with van der Waals surface area (Å²) in [7, 11) is 0. The second-order valence-corrected chi connectivity index (χ2v) is 5.83. The molecule has 2 aromatic rings. The van der Waals surface area contributed by atoms with Gasteiger partial charge in [0.2, 0.25) is 0 Å². The van der Waals surface area contributed by atoms with Gasteiger partial charge in [-0.25, -0.2) is 14.8 Å². The van der Waals surface area contributed by atoms with E-state index in [2.05, 4.69) is 37.9 Å². The molecule has 0 radical (unpaired) electrons.